The van der Waals surface area contributed by atoms with Crippen LogP contribution in [0.4, 0.5) is 18.0 Å². The van der Waals surface area contributed by atoms with Gasteiger partial charge in [0, 0.05) is 32.2 Å². The second-order valence-electron chi connectivity index (χ2n) is 4.71. The Morgan fingerprint density at radius 1 is 1.26 bits per heavy atom. The van der Waals surface area contributed by atoms with Crippen LogP contribution in [-0.2, 0) is 9.47 Å². The highest BCUT2D eigenvalue weighted by molar-refractivity contribution is 5.68. The zero-order valence-electron chi connectivity index (χ0n) is 10.5. The van der Waals surface area contributed by atoms with Crippen LogP contribution in [0.25, 0.3) is 0 Å². The molecule has 0 bridgehead atoms. The minimum Gasteiger partial charge on any atom is -0.440 e. The van der Waals surface area contributed by atoms with Gasteiger partial charge >= 0.3 is 12.3 Å². The van der Waals surface area contributed by atoms with E-state index >= 15 is 0 Å². The number of likely N-dealkylation sites (tertiary alicyclic amines) is 1. The molecule has 2 rings (SSSR count). The van der Waals surface area contributed by atoms with Crippen molar-refractivity contribution in [1.82, 2.24) is 9.80 Å². The number of ether oxygens (including phenoxy) is 2. The van der Waals surface area contributed by atoms with E-state index in [0.29, 0.717) is 26.3 Å². The normalized spacial score (nSPS) is 25.6. The summed E-state index contributed by atoms with van der Waals surface area (Å²) in [6, 6.07) is 0.197. The van der Waals surface area contributed by atoms with Crippen molar-refractivity contribution in [2.24, 2.45) is 0 Å². The molecule has 8 heteroatoms. The third kappa shape index (κ3) is 4.24. The molecular weight excluding hydrogens is 265 g/mol. The first-order chi connectivity index (χ1) is 8.96. The Labute approximate surface area is 109 Å². The first-order valence-corrected chi connectivity index (χ1v) is 6.26. The quantitative estimate of drug-likeness (QED) is 0.760. The molecule has 0 spiro atoms. The number of carbonyl (C=O) groups excluding carboxylic acids is 1. The van der Waals surface area contributed by atoms with E-state index < -0.39 is 18.9 Å². The van der Waals surface area contributed by atoms with Gasteiger partial charge in [0.25, 0.3) is 0 Å². The summed E-state index contributed by atoms with van der Waals surface area (Å²) in [6.45, 7) is 2.27. The van der Waals surface area contributed by atoms with Crippen LogP contribution < -0.4 is 0 Å². The molecule has 5 nitrogen and oxygen atoms in total. The molecule has 0 radical (unpaired) electrons. The van der Waals surface area contributed by atoms with Crippen LogP contribution in [-0.4, -0.2) is 74.1 Å². The van der Waals surface area contributed by atoms with Gasteiger partial charge in [-0.2, -0.15) is 13.2 Å². The van der Waals surface area contributed by atoms with Crippen LogP contribution in [0.3, 0.4) is 0 Å². The van der Waals surface area contributed by atoms with Crippen molar-refractivity contribution in [1.29, 1.82) is 0 Å². The third-order valence-corrected chi connectivity index (χ3v) is 3.34. The van der Waals surface area contributed by atoms with Gasteiger partial charge in [0.1, 0.15) is 0 Å². The van der Waals surface area contributed by atoms with Crippen molar-refractivity contribution in [3.63, 3.8) is 0 Å². The largest absolute Gasteiger partial charge is 0.440 e. The predicted octanol–water partition coefficient (Wildman–Crippen LogP) is 1.09. The smallest absolute Gasteiger partial charge is 0.422 e. The van der Waals surface area contributed by atoms with Crippen molar-refractivity contribution >= 4 is 6.09 Å². The number of rotatable bonds is 2. The summed E-state index contributed by atoms with van der Waals surface area (Å²) < 4.78 is 45.3. The number of nitrogens with zero attached hydrogens (tertiary/aromatic N) is 2. The number of alkyl halides is 3. The lowest BCUT2D eigenvalue weighted by atomic mass is 10.2. The standard InChI is InChI=1S/C11H17F3N2O3/c12-11(13,14)8-19-10(17)16-2-1-9(7-16)15-3-5-18-6-4-15/h9H,1-8H2. The van der Waals surface area contributed by atoms with Gasteiger partial charge in [0.05, 0.1) is 13.2 Å². The lowest BCUT2D eigenvalue weighted by molar-refractivity contribution is -0.162. The van der Waals surface area contributed by atoms with Crippen molar-refractivity contribution < 1.29 is 27.4 Å². The Hall–Kier alpha value is -1.02. The van der Waals surface area contributed by atoms with Crippen LogP contribution in [0.5, 0.6) is 0 Å². The SMILES string of the molecule is O=C(OCC(F)(F)F)N1CCC(N2CCOCC2)C1. The van der Waals surface area contributed by atoms with Crippen molar-refractivity contribution in [3.05, 3.63) is 0 Å². The number of morpholine rings is 1. The van der Waals surface area contributed by atoms with Gasteiger partial charge in [0.2, 0.25) is 0 Å². The van der Waals surface area contributed by atoms with Gasteiger partial charge in [-0.05, 0) is 6.42 Å². The zero-order chi connectivity index (χ0) is 13.9. The molecule has 2 heterocycles. The van der Waals surface area contributed by atoms with Gasteiger partial charge < -0.3 is 14.4 Å². The van der Waals surface area contributed by atoms with Gasteiger partial charge in [-0.1, -0.05) is 0 Å². The van der Waals surface area contributed by atoms with E-state index in [1.807, 2.05) is 0 Å². The minimum absolute atomic E-state index is 0.197. The van der Waals surface area contributed by atoms with Crippen LogP contribution in [0.1, 0.15) is 6.42 Å². The summed E-state index contributed by atoms with van der Waals surface area (Å²) in [7, 11) is 0. The highest BCUT2D eigenvalue weighted by Gasteiger charge is 2.34. The predicted molar refractivity (Wildman–Crippen MR) is 59.8 cm³/mol. The van der Waals surface area contributed by atoms with Gasteiger partial charge in [0.15, 0.2) is 6.61 Å². The monoisotopic (exact) mass is 282 g/mol. The summed E-state index contributed by atoms with van der Waals surface area (Å²) in [5.74, 6) is 0. The van der Waals surface area contributed by atoms with Gasteiger partial charge in [-0.3, -0.25) is 4.90 Å². The highest BCUT2D eigenvalue weighted by atomic mass is 19.4. The fourth-order valence-corrected chi connectivity index (χ4v) is 2.38. The molecule has 0 aromatic carbocycles. The second kappa shape index (κ2) is 5.96. The Morgan fingerprint density at radius 3 is 2.58 bits per heavy atom. The molecule has 2 saturated heterocycles. The Morgan fingerprint density at radius 2 is 1.95 bits per heavy atom. The van der Waals surface area contributed by atoms with E-state index in [1.54, 1.807) is 0 Å². The number of hydrogen-bond donors (Lipinski definition) is 0. The van der Waals surface area contributed by atoms with Gasteiger partial charge in [-0.15, -0.1) is 0 Å². The number of halogens is 3. The van der Waals surface area contributed by atoms with E-state index in [-0.39, 0.29) is 6.04 Å². The maximum Gasteiger partial charge on any atom is 0.422 e. The number of amides is 1. The topological polar surface area (TPSA) is 42.0 Å². The molecule has 0 aliphatic carbocycles. The Bertz CT molecular complexity index is 319. The molecule has 0 saturated carbocycles. The van der Waals surface area contributed by atoms with E-state index in [4.69, 9.17) is 4.74 Å². The molecule has 2 fully saturated rings. The summed E-state index contributed by atoms with van der Waals surface area (Å²) in [5.41, 5.74) is 0. The first kappa shape index (κ1) is 14.4. The van der Waals surface area contributed by atoms with Crippen molar-refractivity contribution in [2.45, 2.75) is 18.6 Å². The fourth-order valence-electron chi connectivity index (χ4n) is 2.38. The minimum atomic E-state index is -4.47. The van der Waals surface area contributed by atoms with Crippen LogP contribution >= 0.6 is 0 Å². The van der Waals surface area contributed by atoms with Crippen LogP contribution in [0, 0.1) is 0 Å². The Kier molecular flexibility index (Phi) is 4.51. The Balaban J connectivity index is 1.76. The van der Waals surface area contributed by atoms with E-state index in [1.165, 1.54) is 4.90 Å². The fraction of sp³-hybridized carbons (Fsp3) is 0.909. The molecule has 19 heavy (non-hydrogen) atoms. The molecule has 0 aromatic rings. The average molecular weight is 282 g/mol. The average Bonchev–Trinajstić information content (AvgIpc) is 2.86. The maximum atomic E-state index is 12.0. The van der Waals surface area contributed by atoms with Crippen molar-refractivity contribution in [2.75, 3.05) is 46.0 Å². The lowest BCUT2D eigenvalue weighted by Gasteiger charge is -2.31. The second-order valence-corrected chi connectivity index (χ2v) is 4.71. The maximum absolute atomic E-state index is 12.0. The van der Waals surface area contributed by atoms with E-state index in [2.05, 4.69) is 9.64 Å². The molecule has 1 atom stereocenters. The summed E-state index contributed by atoms with van der Waals surface area (Å²) >= 11 is 0. The summed E-state index contributed by atoms with van der Waals surface area (Å²) in [6.07, 6.45) is -4.59. The first-order valence-electron chi connectivity index (χ1n) is 6.26. The number of hydrogen-bond acceptors (Lipinski definition) is 4. The van der Waals surface area contributed by atoms with Crippen molar-refractivity contribution in [3.8, 4) is 0 Å². The summed E-state index contributed by atoms with van der Waals surface area (Å²) in [4.78, 5) is 15.0. The molecular formula is C11H17F3N2O3. The van der Waals surface area contributed by atoms with Crippen LogP contribution in [0.15, 0.2) is 0 Å². The highest BCUT2D eigenvalue weighted by Crippen LogP contribution is 2.19. The molecule has 0 N–H and O–H groups in total. The molecule has 2 aliphatic heterocycles. The molecule has 0 aromatic heterocycles. The van der Waals surface area contributed by atoms with Crippen LogP contribution in [0.2, 0.25) is 0 Å². The molecule has 1 amide bonds. The molecule has 1 unspecified atom stereocenters. The van der Waals surface area contributed by atoms with Gasteiger partial charge in [-0.25, -0.2) is 4.79 Å². The number of carbonyl (C=O) groups is 1. The van der Waals surface area contributed by atoms with E-state index in [9.17, 15) is 18.0 Å². The molecule has 110 valence electrons. The molecule has 2 aliphatic rings. The zero-order valence-corrected chi connectivity index (χ0v) is 10.5. The lowest BCUT2D eigenvalue weighted by Crippen LogP contribution is -2.45. The van der Waals surface area contributed by atoms with E-state index in [0.717, 1.165) is 19.5 Å². The summed E-state index contributed by atoms with van der Waals surface area (Å²) in [5, 5.41) is 0. The third-order valence-electron chi connectivity index (χ3n) is 3.34.